The zero-order valence-corrected chi connectivity index (χ0v) is 16.6. The molecule has 0 amide bonds. The Kier molecular flexibility index (Phi) is 6.81. The molecule has 0 aliphatic carbocycles. The van der Waals surface area contributed by atoms with E-state index in [0.717, 1.165) is 6.42 Å². The molecule has 0 aromatic heterocycles. The van der Waals surface area contributed by atoms with Gasteiger partial charge in [-0.1, -0.05) is 60.7 Å². The molecule has 6 heteroatoms. The van der Waals surface area contributed by atoms with E-state index >= 15 is 0 Å². The Hall–Kier alpha value is -3.38. The largest absolute Gasteiger partial charge is 0.493 e. The molecule has 0 aliphatic rings. The molecule has 3 aromatic carbocycles. The van der Waals surface area contributed by atoms with Crippen LogP contribution in [0.1, 0.15) is 22.7 Å². The summed E-state index contributed by atoms with van der Waals surface area (Å²) >= 11 is 0. The molecule has 0 heterocycles. The highest BCUT2D eigenvalue weighted by Gasteiger charge is 2.23. The Morgan fingerprint density at radius 1 is 0.931 bits per heavy atom. The number of ether oxygens (including phenoxy) is 2. The maximum Gasteiger partial charge on any atom is 0.282 e. The van der Waals surface area contributed by atoms with E-state index in [9.17, 15) is 10.1 Å². The van der Waals surface area contributed by atoms with Crippen LogP contribution in [0.2, 0.25) is 0 Å². The minimum absolute atomic E-state index is 0.0328. The molecule has 0 saturated carbocycles. The van der Waals surface area contributed by atoms with Crippen molar-refractivity contribution >= 4 is 5.69 Å². The Labute approximate surface area is 170 Å². The number of nitro groups is 1. The van der Waals surface area contributed by atoms with Gasteiger partial charge in [-0.3, -0.25) is 10.1 Å². The van der Waals surface area contributed by atoms with Crippen molar-refractivity contribution in [2.45, 2.75) is 19.0 Å². The molecule has 1 atom stereocenters. The lowest BCUT2D eigenvalue weighted by atomic mass is 9.98. The molecule has 0 fully saturated rings. The van der Waals surface area contributed by atoms with E-state index < -0.39 is 0 Å². The molecule has 1 unspecified atom stereocenters. The molecule has 0 spiro atoms. The molecule has 0 saturated heterocycles. The molecule has 2 N–H and O–H groups in total. The number of hydrogen-bond donors (Lipinski definition) is 1. The van der Waals surface area contributed by atoms with Crippen molar-refractivity contribution in [3.63, 3.8) is 0 Å². The van der Waals surface area contributed by atoms with Crippen LogP contribution in [0.3, 0.4) is 0 Å². The molecular formula is C23H25N2O4+. The smallest absolute Gasteiger partial charge is 0.282 e. The molecule has 3 aromatic rings. The zero-order chi connectivity index (χ0) is 20.6. The van der Waals surface area contributed by atoms with Gasteiger partial charge in [0.25, 0.3) is 5.69 Å². The van der Waals surface area contributed by atoms with Gasteiger partial charge < -0.3 is 14.8 Å². The summed E-state index contributed by atoms with van der Waals surface area (Å²) in [5, 5.41) is 13.7. The van der Waals surface area contributed by atoms with E-state index in [4.69, 9.17) is 9.47 Å². The Morgan fingerprint density at radius 3 is 2.10 bits per heavy atom. The second kappa shape index (κ2) is 9.71. The number of nitrogens with two attached hydrogens (primary N) is 1. The number of rotatable bonds is 9. The standard InChI is InChI=1S/C23H24N2O4/c1-28-22-14-19(21(25(26)27)15-23(22)29-2)16-24-20(18-11-7-4-8-12-18)13-17-9-5-3-6-10-17/h3-12,14-15,20,24H,13,16H2,1-2H3/p+1. The third kappa shape index (κ3) is 5.12. The second-order valence-electron chi connectivity index (χ2n) is 6.74. The summed E-state index contributed by atoms with van der Waals surface area (Å²) < 4.78 is 10.6. The van der Waals surface area contributed by atoms with E-state index in [-0.39, 0.29) is 16.7 Å². The number of nitrogens with zero attached hydrogens (tertiary/aromatic N) is 1. The van der Waals surface area contributed by atoms with E-state index in [1.54, 1.807) is 6.07 Å². The van der Waals surface area contributed by atoms with Crippen LogP contribution >= 0.6 is 0 Å². The van der Waals surface area contributed by atoms with Gasteiger partial charge in [-0.25, -0.2) is 0 Å². The summed E-state index contributed by atoms with van der Waals surface area (Å²) in [6.07, 6.45) is 0.825. The van der Waals surface area contributed by atoms with E-state index in [1.165, 1.54) is 31.4 Å². The number of quaternary nitrogens is 1. The van der Waals surface area contributed by atoms with Gasteiger partial charge in [0, 0.05) is 12.0 Å². The molecule has 6 nitrogen and oxygen atoms in total. The lowest BCUT2D eigenvalue weighted by molar-refractivity contribution is -0.711. The van der Waals surface area contributed by atoms with Gasteiger partial charge in [-0.05, 0) is 11.6 Å². The van der Waals surface area contributed by atoms with Crippen LogP contribution < -0.4 is 14.8 Å². The average Bonchev–Trinajstić information content (AvgIpc) is 2.77. The quantitative estimate of drug-likeness (QED) is 0.445. The Morgan fingerprint density at radius 2 is 1.52 bits per heavy atom. The van der Waals surface area contributed by atoms with Crippen LogP contribution in [0.15, 0.2) is 72.8 Å². The van der Waals surface area contributed by atoms with Gasteiger partial charge >= 0.3 is 0 Å². The molecule has 29 heavy (non-hydrogen) atoms. The normalized spacial score (nSPS) is 11.7. The highest BCUT2D eigenvalue weighted by molar-refractivity contribution is 5.54. The average molecular weight is 393 g/mol. The number of benzene rings is 3. The number of hydrogen-bond acceptors (Lipinski definition) is 4. The first-order valence-corrected chi connectivity index (χ1v) is 9.44. The second-order valence-corrected chi connectivity index (χ2v) is 6.74. The molecule has 3 rings (SSSR count). The SMILES string of the molecule is COc1cc(C[NH2+]C(Cc2ccccc2)c2ccccc2)c([N+](=O)[O-])cc1OC. The maximum absolute atomic E-state index is 11.6. The van der Waals surface area contributed by atoms with Gasteiger partial charge in [0.15, 0.2) is 11.5 Å². The van der Waals surface area contributed by atoms with Crippen molar-refractivity contribution in [3.05, 3.63) is 99.6 Å². The van der Waals surface area contributed by atoms with Gasteiger partial charge in [-0.2, -0.15) is 0 Å². The van der Waals surface area contributed by atoms with Gasteiger partial charge in [-0.15, -0.1) is 0 Å². The van der Waals surface area contributed by atoms with Gasteiger partial charge in [0.2, 0.25) is 0 Å². The first-order valence-electron chi connectivity index (χ1n) is 9.44. The van der Waals surface area contributed by atoms with E-state index in [2.05, 4.69) is 29.6 Å². The Bertz CT molecular complexity index is 946. The first kappa shape index (κ1) is 20.4. The summed E-state index contributed by atoms with van der Waals surface area (Å²) in [5.41, 5.74) is 3.03. The monoisotopic (exact) mass is 393 g/mol. The molecule has 150 valence electrons. The van der Waals surface area contributed by atoms with Crippen molar-refractivity contribution < 1.29 is 19.7 Å². The third-order valence-corrected chi connectivity index (χ3v) is 4.93. The molecule has 0 aliphatic heterocycles. The van der Waals surface area contributed by atoms with Crippen LogP contribution in [0.25, 0.3) is 0 Å². The van der Waals surface area contributed by atoms with Crippen LogP contribution in [0, 0.1) is 10.1 Å². The predicted octanol–water partition coefficient (Wildman–Crippen LogP) is 3.66. The lowest BCUT2D eigenvalue weighted by Gasteiger charge is -2.17. The maximum atomic E-state index is 11.6. The van der Waals surface area contributed by atoms with Gasteiger partial charge in [0.1, 0.15) is 12.6 Å². The van der Waals surface area contributed by atoms with E-state index in [0.29, 0.717) is 23.6 Å². The van der Waals surface area contributed by atoms with Crippen molar-refractivity contribution in [2.24, 2.45) is 0 Å². The summed E-state index contributed by atoms with van der Waals surface area (Å²) in [4.78, 5) is 11.2. The first-order chi connectivity index (χ1) is 14.1. The molecule has 0 bridgehead atoms. The summed E-state index contributed by atoms with van der Waals surface area (Å²) in [5.74, 6) is 0.840. The fourth-order valence-electron chi connectivity index (χ4n) is 3.42. The summed E-state index contributed by atoms with van der Waals surface area (Å²) in [7, 11) is 3.00. The summed E-state index contributed by atoms with van der Waals surface area (Å²) in [6.45, 7) is 0.447. The van der Waals surface area contributed by atoms with E-state index in [1.807, 2.05) is 36.4 Å². The zero-order valence-electron chi connectivity index (χ0n) is 16.6. The number of methoxy groups -OCH3 is 2. The topological polar surface area (TPSA) is 78.2 Å². The van der Waals surface area contributed by atoms with Crippen LogP contribution in [-0.2, 0) is 13.0 Å². The molecule has 0 radical (unpaired) electrons. The predicted molar refractivity (Wildman–Crippen MR) is 111 cm³/mol. The van der Waals surface area contributed by atoms with Crippen LogP contribution in [-0.4, -0.2) is 19.1 Å². The molecular weight excluding hydrogens is 368 g/mol. The van der Waals surface area contributed by atoms with Crippen LogP contribution in [0.4, 0.5) is 5.69 Å². The fraction of sp³-hybridized carbons (Fsp3) is 0.217. The fourth-order valence-corrected chi connectivity index (χ4v) is 3.42. The van der Waals surface area contributed by atoms with Gasteiger partial charge in [0.05, 0.1) is 30.8 Å². The Balaban J connectivity index is 1.88. The lowest BCUT2D eigenvalue weighted by Crippen LogP contribution is -2.84. The minimum atomic E-state index is -0.375. The number of nitro benzene ring substituents is 1. The third-order valence-electron chi connectivity index (χ3n) is 4.93. The van der Waals surface area contributed by atoms with Crippen molar-refractivity contribution in [2.75, 3.05) is 14.2 Å². The van der Waals surface area contributed by atoms with Crippen LogP contribution in [0.5, 0.6) is 11.5 Å². The highest BCUT2D eigenvalue weighted by Crippen LogP contribution is 2.34. The minimum Gasteiger partial charge on any atom is -0.493 e. The van der Waals surface area contributed by atoms with Crippen molar-refractivity contribution in [1.82, 2.24) is 0 Å². The van der Waals surface area contributed by atoms with Crippen molar-refractivity contribution in [3.8, 4) is 11.5 Å². The highest BCUT2D eigenvalue weighted by atomic mass is 16.6. The summed E-state index contributed by atoms with van der Waals surface area (Å²) in [6, 6.07) is 23.7. The van der Waals surface area contributed by atoms with Crippen molar-refractivity contribution in [1.29, 1.82) is 0 Å².